The standard InChI is InChI=1S/C21H16ClN3O/c22-17-11-5-4-10-16(17)20(14-21(26)15-8-2-1-3-9-15)25-19-13-7-6-12-18(19)23-24-25/h1-13,20H,14H2. The number of rotatable bonds is 5. The molecule has 0 saturated heterocycles. The van der Waals surface area contributed by atoms with Crippen LogP contribution in [0.4, 0.5) is 0 Å². The van der Waals surface area contributed by atoms with Crippen LogP contribution < -0.4 is 0 Å². The van der Waals surface area contributed by atoms with Crippen molar-refractivity contribution in [2.24, 2.45) is 0 Å². The molecule has 0 spiro atoms. The minimum atomic E-state index is -0.330. The third-order valence-corrected chi connectivity index (χ3v) is 4.76. The molecule has 0 bridgehead atoms. The van der Waals surface area contributed by atoms with Crippen LogP contribution in [-0.2, 0) is 0 Å². The fourth-order valence-electron chi connectivity index (χ4n) is 3.11. The molecule has 4 nitrogen and oxygen atoms in total. The quantitative estimate of drug-likeness (QED) is 0.473. The van der Waals surface area contributed by atoms with E-state index in [9.17, 15) is 4.79 Å². The third-order valence-electron chi connectivity index (χ3n) is 4.41. The van der Waals surface area contributed by atoms with Gasteiger partial charge in [0.25, 0.3) is 0 Å². The van der Waals surface area contributed by atoms with Gasteiger partial charge in [-0.05, 0) is 23.8 Å². The number of para-hydroxylation sites is 1. The Bertz CT molecular complexity index is 1060. The van der Waals surface area contributed by atoms with Crippen LogP contribution in [0.15, 0.2) is 78.9 Å². The lowest BCUT2D eigenvalue weighted by atomic mass is 9.97. The number of hydrogen-bond donors (Lipinski definition) is 0. The van der Waals surface area contributed by atoms with E-state index in [0.717, 1.165) is 16.6 Å². The molecule has 128 valence electrons. The minimum Gasteiger partial charge on any atom is -0.294 e. The molecule has 0 fully saturated rings. The first-order chi connectivity index (χ1) is 12.7. The van der Waals surface area contributed by atoms with E-state index in [1.807, 2.05) is 78.9 Å². The van der Waals surface area contributed by atoms with Gasteiger partial charge in [0.1, 0.15) is 5.52 Å². The van der Waals surface area contributed by atoms with E-state index in [2.05, 4.69) is 10.3 Å². The molecule has 0 N–H and O–H groups in total. The molecule has 0 aliphatic heterocycles. The molecular formula is C21H16ClN3O. The average molecular weight is 362 g/mol. The van der Waals surface area contributed by atoms with E-state index in [0.29, 0.717) is 10.6 Å². The molecule has 4 aromatic rings. The maximum atomic E-state index is 12.9. The highest BCUT2D eigenvalue weighted by Gasteiger charge is 2.23. The van der Waals surface area contributed by atoms with E-state index in [4.69, 9.17) is 11.6 Å². The Labute approximate surface area is 156 Å². The second kappa shape index (κ2) is 7.10. The van der Waals surface area contributed by atoms with Gasteiger partial charge >= 0.3 is 0 Å². The molecule has 1 heterocycles. The van der Waals surface area contributed by atoms with Crippen LogP contribution in [0, 0.1) is 0 Å². The van der Waals surface area contributed by atoms with E-state index >= 15 is 0 Å². The Balaban J connectivity index is 1.80. The first-order valence-corrected chi connectivity index (χ1v) is 8.74. The predicted molar refractivity (Wildman–Crippen MR) is 103 cm³/mol. The van der Waals surface area contributed by atoms with Crippen LogP contribution in [0.2, 0.25) is 5.02 Å². The topological polar surface area (TPSA) is 47.8 Å². The average Bonchev–Trinajstić information content (AvgIpc) is 3.11. The first kappa shape index (κ1) is 16.5. The van der Waals surface area contributed by atoms with Gasteiger partial charge in [-0.15, -0.1) is 5.10 Å². The lowest BCUT2D eigenvalue weighted by Gasteiger charge is -2.19. The summed E-state index contributed by atoms with van der Waals surface area (Å²) in [6.07, 6.45) is 0.251. The van der Waals surface area contributed by atoms with E-state index in [1.165, 1.54) is 0 Å². The Morgan fingerprint density at radius 3 is 2.42 bits per heavy atom. The number of Topliss-reactive ketones (excluding diaryl/α,β-unsaturated/α-hetero) is 1. The molecule has 5 heteroatoms. The Hall–Kier alpha value is -2.98. The van der Waals surface area contributed by atoms with Crippen LogP contribution in [0.25, 0.3) is 11.0 Å². The second-order valence-corrected chi connectivity index (χ2v) is 6.46. The second-order valence-electron chi connectivity index (χ2n) is 6.05. The van der Waals surface area contributed by atoms with Gasteiger partial charge in [-0.2, -0.15) is 0 Å². The summed E-state index contributed by atoms with van der Waals surface area (Å²) in [6, 6.07) is 24.2. The number of hydrogen-bond acceptors (Lipinski definition) is 3. The van der Waals surface area contributed by atoms with Crippen molar-refractivity contribution in [1.82, 2.24) is 15.0 Å². The molecule has 1 aromatic heterocycles. The van der Waals surface area contributed by atoms with Crippen molar-refractivity contribution in [2.75, 3.05) is 0 Å². The fraction of sp³-hybridized carbons (Fsp3) is 0.0952. The summed E-state index contributed by atoms with van der Waals surface area (Å²) in [4.78, 5) is 12.9. The highest BCUT2D eigenvalue weighted by atomic mass is 35.5. The van der Waals surface area contributed by atoms with Crippen molar-refractivity contribution in [3.8, 4) is 0 Å². The van der Waals surface area contributed by atoms with Gasteiger partial charge in [-0.25, -0.2) is 4.68 Å². The third kappa shape index (κ3) is 3.11. The maximum absolute atomic E-state index is 12.9. The van der Waals surface area contributed by atoms with Crippen molar-refractivity contribution in [3.05, 3.63) is 95.0 Å². The molecule has 4 rings (SSSR count). The smallest absolute Gasteiger partial charge is 0.165 e. The zero-order chi connectivity index (χ0) is 17.9. The van der Waals surface area contributed by atoms with Crippen molar-refractivity contribution < 1.29 is 4.79 Å². The van der Waals surface area contributed by atoms with Crippen LogP contribution in [0.3, 0.4) is 0 Å². The molecule has 0 radical (unpaired) electrons. The Morgan fingerprint density at radius 1 is 0.923 bits per heavy atom. The molecule has 3 aromatic carbocycles. The Kier molecular flexibility index (Phi) is 4.50. The van der Waals surface area contributed by atoms with Crippen molar-refractivity contribution in [2.45, 2.75) is 12.5 Å². The predicted octanol–water partition coefficient (Wildman–Crippen LogP) is 4.95. The SMILES string of the molecule is O=C(CC(c1ccccc1Cl)n1nnc2ccccc21)c1ccccc1. The number of benzene rings is 3. The molecule has 1 atom stereocenters. The number of nitrogens with zero attached hydrogens (tertiary/aromatic N) is 3. The Morgan fingerprint density at radius 2 is 1.62 bits per heavy atom. The summed E-state index contributed by atoms with van der Waals surface area (Å²) in [5.74, 6) is 0.0371. The lowest BCUT2D eigenvalue weighted by Crippen LogP contribution is -2.17. The van der Waals surface area contributed by atoms with Crippen LogP contribution >= 0.6 is 11.6 Å². The molecule has 0 aliphatic rings. The van der Waals surface area contributed by atoms with Crippen molar-refractivity contribution in [1.29, 1.82) is 0 Å². The zero-order valence-corrected chi connectivity index (χ0v) is 14.7. The van der Waals surface area contributed by atoms with Crippen LogP contribution in [0.5, 0.6) is 0 Å². The van der Waals surface area contributed by atoms with Gasteiger partial charge in [0, 0.05) is 17.0 Å². The molecule has 1 unspecified atom stereocenters. The summed E-state index contributed by atoms with van der Waals surface area (Å²) in [6.45, 7) is 0. The number of halogens is 1. The number of ketones is 1. The summed E-state index contributed by atoms with van der Waals surface area (Å²) >= 11 is 6.44. The van der Waals surface area contributed by atoms with Gasteiger partial charge in [0.15, 0.2) is 5.78 Å². The molecule has 0 saturated carbocycles. The number of aromatic nitrogens is 3. The van der Waals surface area contributed by atoms with Crippen LogP contribution in [0.1, 0.15) is 28.4 Å². The number of carbonyl (C=O) groups is 1. The van der Waals surface area contributed by atoms with Gasteiger partial charge in [-0.3, -0.25) is 4.79 Å². The van der Waals surface area contributed by atoms with E-state index in [-0.39, 0.29) is 18.2 Å². The maximum Gasteiger partial charge on any atom is 0.165 e. The van der Waals surface area contributed by atoms with Gasteiger partial charge in [-0.1, -0.05) is 77.5 Å². The molecule has 26 heavy (non-hydrogen) atoms. The fourth-order valence-corrected chi connectivity index (χ4v) is 3.37. The largest absolute Gasteiger partial charge is 0.294 e. The summed E-state index contributed by atoms with van der Waals surface area (Å²) in [5.41, 5.74) is 3.19. The van der Waals surface area contributed by atoms with E-state index < -0.39 is 0 Å². The van der Waals surface area contributed by atoms with Gasteiger partial charge in [0.05, 0.1) is 11.6 Å². The monoisotopic (exact) mass is 361 g/mol. The van der Waals surface area contributed by atoms with Gasteiger partial charge in [0.2, 0.25) is 0 Å². The molecular weight excluding hydrogens is 346 g/mol. The van der Waals surface area contributed by atoms with Crippen LogP contribution in [-0.4, -0.2) is 20.8 Å². The normalized spacial score (nSPS) is 12.2. The minimum absolute atomic E-state index is 0.0371. The molecule has 0 aliphatic carbocycles. The zero-order valence-electron chi connectivity index (χ0n) is 13.9. The summed E-state index contributed by atoms with van der Waals surface area (Å²) in [5, 5.41) is 9.16. The lowest BCUT2D eigenvalue weighted by molar-refractivity contribution is 0.0968. The number of carbonyl (C=O) groups excluding carboxylic acids is 1. The number of fused-ring (bicyclic) bond motifs is 1. The van der Waals surface area contributed by atoms with Crippen molar-refractivity contribution in [3.63, 3.8) is 0 Å². The van der Waals surface area contributed by atoms with E-state index in [1.54, 1.807) is 4.68 Å². The summed E-state index contributed by atoms with van der Waals surface area (Å²) < 4.78 is 1.79. The summed E-state index contributed by atoms with van der Waals surface area (Å²) in [7, 11) is 0. The highest BCUT2D eigenvalue weighted by Crippen LogP contribution is 2.31. The highest BCUT2D eigenvalue weighted by molar-refractivity contribution is 6.31. The first-order valence-electron chi connectivity index (χ1n) is 8.36. The van der Waals surface area contributed by atoms with Crippen molar-refractivity contribution >= 4 is 28.4 Å². The molecule has 0 amide bonds. The van der Waals surface area contributed by atoms with Gasteiger partial charge < -0.3 is 0 Å².